The number of imidazole rings is 1. The Labute approximate surface area is 203 Å². The maximum atomic E-state index is 14.3. The van der Waals surface area contributed by atoms with Crippen LogP contribution in [0.4, 0.5) is 4.39 Å². The molecule has 7 nitrogen and oxygen atoms in total. The van der Waals surface area contributed by atoms with E-state index < -0.39 is 17.6 Å². The van der Waals surface area contributed by atoms with Crippen LogP contribution in [0.3, 0.4) is 0 Å². The normalized spacial score (nSPS) is 11.9. The Bertz CT molecular complexity index is 1160. The molecule has 5 N–H and O–H groups in total. The number of nitrogens with two attached hydrogens (primary N) is 2. The number of hydrogen-bond donors (Lipinski definition) is 3. The molecule has 0 bridgehead atoms. The molecule has 1 atom stereocenters. The van der Waals surface area contributed by atoms with Gasteiger partial charge in [0, 0.05) is 10.6 Å². The highest BCUT2D eigenvalue weighted by molar-refractivity contribution is 6.31. The summed E-state index contributed by atoms with van der Waals surface area (Å²) < 4.78 is 16.1. The van der Waals surface area contributed by atoms with Gasteiger partial charge in [-0.3, -0.25) is 14.2 Å². The van der Waals surface area contributed by atoms with Gasteiger partial charge in [0.2, 0.25) is 5.91 Å². The number of carbonyl (C=O) groups excluding carboxylic acids is 2. The van der Waals surface area contributed by atoms with Crippen LogP contribution in [0.15, 0.2) is 48.7 Å². The lowest BCUT2D eigenvalue weighted by Crippen LogP contribution is -2.40. The monoisotopic (exact) mass is 485 g/mol. The quantitative estimate of drug-likeness (QED) is 0.283. The minimum absolute atomic E-state index is 0.0563. The second-order valence-electron chi connectivity index (χ2n) is 8.06. The predicted octanol–water partition coefficient (Wildman–Crippen LogP) is 3.67. The van der Waals surface area contributed by atoms with Crippen molar-refractivity contribution in [1.82, 2.24) is 14.9 Å². The molecule has 1 amide bonds. The van der Waals surface area contributed by atoms with Gasteiger partial charge in [0.1, 0.15) is 11.6 Å². The number of benzene rings is 2. The van der Waals surface area contributed by atoms with Crippen LogP contribution in [-0.2, 0) is 11.3 Å². The molecule has 0 aliphatic carbocycles. The molecule has 1 unspecified atom stereocenters. The zero-order valence-corrected chi connectivity index (χ0v) is 19.8. The van der Waals surface area contributed by atoms with Gasteiger partial charge < -0.3 is 16.8 Å². The summed E-state index contributed by atoms with van der Waals surface area (Å²) in [6.07, 6.45) is 4.85. The largest absolute Gasteiger partial charge is 0.349 e. The number of aromatic nitrogens is 2. The standard InChI is InChI=1S/C25H29ClFN5O2/c1-16-30-14-18(15-31-25(34)22(29)9-3-2-6-12-28)32(16)23-11-10-17(26)13-20(23)24(33)19-7-4-5-8-21(19)27/h4-5,7-8,10-11,13-14,22H,2-3,6,9,12,15,28-29H2,1H3,(H,31,34). The van der Waals surface area contributed by atoms with Gasteiger partial charge in [0.15, 0.2) is 5.78 Å². The number of ketones is 1. The van der Waals surface area contributed by atoms with E-state index in [0.29, 0.717) is 35.2 Å². The summed E-state index contributed by atoms with van der Waals surface area (Å²) in [6.45, 7) is 2.56. The van der Waals surface area contributed by atoms with Gasteiger partial charge in [-0.25, -0.2) is 9.37 Å². The number of nitrogens with one attached hydrogen (secondary N) is 1. The van der Waals surface area contributed by atoms with Crippen LogP contribution in [0.1, 0.15) is 53.1 Å². The van der Waals surface area contributed by atoms with Gasteiger partial charge in [-0.2, -0.15) is 0 Å². The molecule has 0 spiro atoms. The minimum Gasteiger partial charge on any atom is -0.349 e. The minimum atomic E-state index is -0.621. The lowest BCUT2D eigenvalue weighted by molar-refractivity contribution is -0.122. The molecule has 0 fully saturated rings. The van der Waals surface area contributed by atoms with Crippen LogP contribution in [0.25, 0.3) is 5.69 Å². The van der Waals surface area contributed by atoms with Crippen molar-refractivity contribution in [3.8, 4) is 5.69 Å². The van der Waals surface area contributed by atoms with Crippen molar-refractivity contribution < 1.29 is 14.0 Å². The van der Waals surface area contributed by atoms with E-state index in [4.69, 9.17) is 23.1 Å². The third kappa shape index (κ3) is 6.08. The fraction of sp³-hybridized carbons (Fsp3) is 0.320. The molecule has 0 radical (unpaired) electrons. The molecule has 3 rings (SSSR count). The van der Waals surface area contributed by atoms with Crippen LogP contribution >= 0.6 is 11.6 Å². The maximum absolute atomic E-state index is 14.3. The molecule has 180 valence electrons. The van der Waals surface area contributed by atoms with E-state index in [0.717, 1.165) is 19.3 Å². The SMILES string of the molecule is Cc1ncc(CNC(=O)C(N)CCCCCN)n1-c1ccc(Cl)cc1C(=O)c1ccccc1F. The fourth-order valence-corrected chi connectivity index (χ4v) is 3.92. The first-order chi connectivity index (χ1) is 16.3. The van der Waals surface area contributed by atoms with E-state index in [1.807, 2.05) is 0 Å². The number of nitrogens with zero attached hydrogens (tertiary/aromatic N) is 2. The lowest BCUT2D eigenvalue weighted by atomic mass is 10.0. The average Bonchev–Trinajstić information content (AvgIpc) is 3.20. The lowest BCUT2D eigenvalue weighted by Gasteiger charge is -2.17. The molecule has 9 heteroatoms. The van der Waals surface area contributed by atoms with E-state index in [1.54, 1.807) is 35.9 Å². The van der Waals surface area contributed by atoms with E-state index in [9.17, 15) is 14.0 Å². The summed E-state index contributed by atoms with van der Waals surface area (Å²) in [5, 5.41) is 3.19. The first kappa shape index (κ1) is 25.6. The van der Waals surface area contributed by atoms with Crippen molar-refractivity contribution >= 4 is 23.3 Å². The Balaban J connectivity index is 1.84. The highest BCUT2D eigenvalue weighted by atomic mass is 35.5. The molecular weight excluding hydrogens is 457 g/mol. The van der Waals surface area contributed by atoms with Crippen LogP contribution in [0, 0.1) is 12.7 Å². The third-order valence-corrected chi connectivity index (χ3v) is 5.81. The summed E-state index contributed by atoms with van der Waals surface area (Å²) in [5.41, 5.74) is 12.8. The number of hydrogen-bond acceptors (Lipinski definition) is 5. The van der Waals surface area contributed by atoms with Gasteiger partial charge >= 0.3 is 0 Å². The van der Waals surface area contributed by atoms with Crippen LogP contribution in [0.5, 0.6) is 0 Å². The molecule has 0 aliphatic rings. The van der Waals surface area contributed by atoms with Crippen LogP contribution < -0.4 is 16.8 Å². The van der Waals surface area contributed by atoms with Crippen molar-refractivity contribution in [3.63, 3.8) is 0 Å². The van der Waals surface area contributed by atoms with E-state index >= 15 is 0 Å². The molecule has 0 saturated heterocycles. The summed E-state index contributed by atoms with van der Waals surface area (Å²) in [5.74, 6) is -0.788. The number of rotatable bonds is 11. The van der Waals surface area contributed by atoms with Gasteiger partial charge in [-0.05, 0) is 56.6 Å². The number of aryl methyl sites for hydroxylation is 1. The first-order valence-electron chi connectivity index (χ1n) is 11.2. The Morgan fingerprint density at radius 3 is 2.65 bits per heavy atom. The molecule has 0 aliphatic heterocycles. The molecule has 0 saturated carbocycles. The maximum Gasteiger partial charge on any atom is 0.237 e. The van der Waals surface area contributed by atoms with Crippen molar-refractivity contribution in [1.29, 1.82) is 0 Å². The highest BCUT2D eigenvalue weighted by Gasteiger charge is 2.21. The van der Waals surface area contributed by atoms with Crippen molar-refractivity contribution in [2.45, 2.75) is 45.2 Å². The van der Waals surface area contributed by atoms with Gasteiger partial charge in [-0.1, -0.05) is 36.6 Å². The Hall–Kier alpha value is -3.07. The second kappa shape index (κ2) is 11.9. The number of carbonyl (C=O) groups is 2. The smallest absolute Gasteiger partial charge is 0.237 e. The Morgan fingerprint density at radius 1 is 1.15 bits per heavy atom. The number of halogens is 2. The second-order valence-corrected chi connectivity index (χ2v) is 8.50. The Kier molecular flexibility index (Phi) is 8.92. The summed E-state index contributed by atoms with van der Waals surface area (Å²) >= 11 is 6.18. The molecule has 1 aromatic heterocycles. The molecule has 1 heterocycles. The molecule has 2 aromatic carbocycles. The van der Waals surface area contributed by atoms with Crippen molar-refractivity contribution in [2.24, 2.45) is 11.5 Å². The van der Waals surface area contributed by atoms with Gasteiger partial charge in [0.05, 0.1) is 35.7 Å². The van der Waals surface area contributed by atoms with E-state index in [1.165, 1.54) is 24.3 Å². The first-order valence-corrected chi connectivity index (χ1v) is 11.6. The van der Waals surface area contributed by atoms with Gasteiger partial charge in [-0.15, -0.1) is 0 Å². The summed E-state index contributed by atoms with van der Waals surface area (Å²) in [7, 11) is 0. The molecule has 3 aromatic rings. The van der Waals surface area contributed by atoms with Crippen LogP contribution in [0.2, 0.25) is 5.02 Å². The van der Waals surface area contributed by atoms with Gasteiger partial charge in [0.25, 0.3) is 0 Å². The number of amides is 1. The Morgan fingerprint density at radius 2 is 1.91 bits per heavy atom. The predicted molar refractivity (Wildman–Crippen MR) is 130 cm³/mol. The van der Waals surface area contributed by atoms with Crippen molar-refractivity contribution in [2.75, 3.05) is 6.54 Å². The third-order valence-electron chi connectivity index (χ3n) is 5.57. The summed E-state index contributed by atoms with van der Waals surface area (Å²) in [4.78, 5) is 30.1. The fourth-order valence-electron chi connectivity index (χ4n) is 3.75. The topological polar surface area (TPSA) is 116 Å². The zero-order chi connectivity index (χ0) is 24.7. The van der Waals surface area contributed by atoms with Crippen molar-refractivity contribution in [3.05, 3.63) is 82.1 Å². The molecule has 34 heavy (non-hydrogen) atoms. The number of unbranched alkanes of at least 4 members (excludes halogenated alkanes) is 2. The zero-order valence-electron chi connectivity index (χ0n) is 19.1. The average molecular weight is 486 g/mol. The van der Waals surface area contributed by atoms with E-state index in [2.05, 4.69) is 10.3 Å². The highest BCUT2D eigenvalue weighted by Crippen LogP contribution is 2.26. The van der Waals surface area contributed by atoms with E-state index in [-0.39, 0.29) is 23.6 Å². The summed E-state index contributed by atoms with van der Waals surface area (Å²) in [6, 6.07) is 10.00. The molecular formula is C25H29ClFN5O2. The van der Waals surface area contributed by atoms with Crippen LogP contribution in [-0.4, -0.2) is 33.8 Å².